The third-order valence-corrected chi connectivity index (χ3v) is 8.21. The van der Waals surface area contributed by atoms with Crippen LogP contribution in [0.25, 0.3) is 0 Å². The highest BCUT2D eigenvalue weighted by Gasteiger charge is 2.33. The molecule has 0 saturated carbocycles. The molecule has 0 bridgehead atoms. The molecular formula is C29H32Cl3N3O4S. The van der Waals surface area contributed by atoms with Gasteiger partial charge in [0.1, 0.15) is 12.6 Å². The minimum Gasteiger partial charge on any atom is -0.354 e. The van der Waals surface area contributed by atoms with Crippen molar-refractivity contribution in [2.75, 3.05) is 23.7 Å². The van der Waals surface area contributed by atoms with Gasteiger partial charge < -0.3 is 10.2 Å². The summed E-state index contributed by atoms with van der Waals surface area (Å²) < 4.78 is 26.6. The van der Waals surface area contributed by atoms with Gasteiger partial charge in [0.2, 0.25) is 21.8 Å². The number of hydrogen-bond donors (Lipinski definition) is 1. The van der Waals surface area contributed by atoms with Crippen molar-refractivity contribution in [3.8, 4) is 0 Å². The summed E-state index contributed by atoms with van der Waals surface area (Å²) in [4.78, 5) is 29.1. The van der Waals surface area contributed by atoms with Crippen molar-refractivity contribution < 1.29 is 18.0 Å². The lowest BCUT2D eigenvalue weighted by Crippen LogP contribution is -2.53. The van der Waals surface area contributed by atoms with Gasteiger partial charge in [-0.05, 0) is 41.8 Å². The van der Waals surface area contributed by atoms with Crippen LogP contribution < -0.4 is 9.62 Å². The fraction of sp³-hybridized carbons (Fsp3) is 0.310. The summed E-state index contributed by atoms with van der Waals surface area (Å²) in [7, 11) is -3.90. The zero-order valence-corrected chi connectivity index (χ0v) is 25.6. The number of halogens is 3. The average Bonchev–Trinajstić information content (AvgIpc) is 2.89. The Balaban J connectivity index is 2.09. The SMILES string of the molecule is CC(C)CNC(=O)[C@@H](Cc1ccccc1)N(Cc1c(Cl)cccc1Cl)C(=O)CN(c1cccc(Cl)c1)S(C)(=O)=O. The lowest BCUT2D eigenvalue weighted by atomic mass is 10.0. The third kappa shape index (κ3) is 8.86. The number of hydrogen-bond acceptors (Lipinski definition) is 4. The fourth-order valence-corrected chi connectivity index (χ4v) is 5.62. The minimum absolute atomic E-state index is 0.114. The molecule has 0 fully saturated rings. The average molecular weight is 625 g/mol. The van der Waals surface area contributed by atoms with E-state index in [1.807, 2.05) is 44.2 Å². The Morgan fingerprint density at radius 1 is 0.900 bits per heavy atom. The van der Waals surface area contributed by atoms with Crippen LogP contribution >= 0.6 is 34.8 Å². The number of nitrogens with one attached hydrogen (secondary N) is 1. The van der Waals surface area contributed by atoms with Crippen LogP contribution in [0, 0.1) is 5.92 Å². The maximum Gasteiger partial charge on any atom is 0.244 e. The van der Waals surface area contributed by atoms with Crippen molar-refractivity contribution >= 4 is 62.3 Å². The number of carbonyl (C=O) groups is 2. The smallest absolute Gasteiger partial charge is 0.244 e. The predicted molar refractivity (Wildman–Crippen MR) is 162 cm³/mol. The maximum absolute atomic E-state index is 14.1. The van der Waals surface area contributed by atoms with Gasteiger partial charge in [0.05, 0.1) is 11.9 Å². The molecule has 40 heavy (non-hydrogen) atoms. The summed E-state index contributed by atoms with van der Waals surface area (Å²) in [6, 6.07) is 19.5. The van der Waals surface area contributed by atoms with Gasteiger partial charge in [-0.1, -0.05) is 91.1 Å². The molecule has 2 amide bonds. The Bertz CT molecular complexity index is 1420. The first-order valence-corrected chi connectivity index (χ1v) is 15.6. The lowest BCUT2D eigenvalue weighted by molar-refractivity contribution is -0.140. The maximum atomic E-state index is 14.1. The Kier molecular flexibility index (Phi) is 11.3. The van der Waals surface area contributed by atoms with Crippen LogP contribution in [0.5, 0.6) is 0 Å². The van der Waals surface area contributed by atoms with Gasteiger partial charge in [0.25, 0.3) is 0 Å². The summed E-state index contributed by atoms with van der Waals surface area (Å²) in [6.07, 6.45) is 1.20. The molecule has 0 saturated heterocycles. The van der Waals surface area contributed by atoms with Gasteiger partial charge in [-0.25, -0.2) is 8.42 Å². The molecule has 11 heteroatoms. The second-order valence-electron chi connectivity index (χ2n) is 9.82. The third-order valence-electron chi connectivity index (χ3n) is 6.12. The van der Waals surface area contributed by atoms with Crippen LogP contribution in [0.1, 0.15) is 25.0 Å². The molecule has 0 aliphatic heterocycles. The molecule has 3 aromatic rings. The number of sulfonamides is 1. The van der Waals surface area contributed by atoms with E-state index < -0.39 is 28.5 Å². The number of nitrogens with zero attached hydrogens (tertiary/aromatic N) is 2. The normalized spacial score (nSPS) is 12.2. The first-order valence-electron chi connectivity index (χ1n) is 12.6. The van der Waals surface area contributed by atoms with E-state index in [2.05, 4.69) is 5.32 Å². The zero-order chi connectivity index (χ0) is 29.4. The first-order chi connectivity index (χ1) is 18.9. The van der Waals surface area contributed by atoms with Gasteiger partial charge in [-0.2, -0.15) is 0 Å². The van der Waals surface area contributed by atoms with Crippen LogP contribution in [0.15, 0.2) is 72.8 Å². The predicted octanol–water partition coefficient (Wildman–Crippen LogP) is 5.83. The molecule has 0 aliphatic carbocycles. The molecular weight excluding hydrogens is 593 g/mol. The largest absolute Gasteiger partial charge is 0.354 e. The van der Waals surface area contributed by atoms with Crippen LogP contribution in [0.2, 0.25) is 15.1 Å². The van der Waals surface area contributed by atoms with E-state index in [0.29, 0.717) is 27.2 Å². The Morgan fingerprint density at radius 3 is 2.10 bits per heavy atom. The molecule has 0 spiro atoms. The number of benzene rings is 3. The van der Waals surface area contributed by atoms with E-state index in [9.17, 15) is 18.0 Å². The van der Waals surface area contributed by atoms with E-state index in [-0.39, 0.29) is 30.5 Å². The Labute approximate surface area is 251 Å². The standard InChI is InChI=1S/C29H32Cl3N3O4S/c1-20(2)17-33-29(37)27(15-21-9-5-4-6-10-21)34(18-24-25(31)13-8-14-26(24)32)28(36)19-35(40(3,38)39)23-12-7-11-22(30)16-23/h4-14,16,20,27H,15,17-19H2,1-3H3,(H,33,37)/t27-/m1/s1. The van der Waals surface area contributed by atoms with Crippen LogP contribution in [-0.4, -0.2) is 50.5 Å². The quantitative estimate of drug-likeness (QED) is 0.275. The molecule has 7 nitrogen and oxygen atoms in total. The second-order valence-corrected chi connectivity index (χ2v) is 13.0. The molecule has 0 heterocycles. The number of rotatable bonds is 12. The zero-order valence-electron chi connectivity index (χ0n) is 22.5. The van der Waals surface area contributed by atoms with Crippen molar-refractivity contribution in [2.24, 2.45) is 5.92 Å². The summed E-state index contributed by atoms with van der Waals surface area (Å²) >= 11 is 19.1. The summed E-state index contributed by atoms with van der Waals surface area (Å²) in [6.45, 7) is 3.65. The second kappa shape index (κ2) is 14.2. The van der Waals surface area contributed by atoms with Crippen LogP contribution in [0.3, 0.4) is 0 Å². The molecule has 3 aromatic carbocycles. The van der Waals surface area contributed by atoms with Crippen molar-refractivity contribution in [3.05, 3.63) is 99.0 Å². The van der Waals surface area contributed by atoms with Gasteiger partial charge in [0.15, 0.2) is 0 Å². The van der Waals surface area contributed by atoms with E-state index in [0.717, 1.165) is 16.1 Å². The summed E-state index contributed by atoms with van der Waals surface area (Å²) in [5, 5.41) is 3.88. The monoisotopic (exact) mass is 623 g/mol. The summed E-state index contributed by atoms with van der Waals surface area (Å²) in [5.41, 5.74) is 1.50. The van der Waals surface area contributed by atoms with E-state index in [1.54, 1.807) is 36.4 Å². The molecule has 0 unspecified atom stereocenters. The van der Waals surface area contributed by atoms with Crippen LogP contribution in [-0.2, 0) is 32.6 Å². The minimum atomic E-state index is -3.90. The van der Waals surface area contributed by atoms with Crippen molar-refractivity contribution in [1.82, 2.24) is 10.2 Å². The molecule has 0 aromatic heterocycles. The highest BCUT2D eigenvalue weighted by atomic mass is 35.5. The Hall–Kier alpha value is -2.78. The summed E-state index contributed by atoms with van der Waals surface area (Å²) in [5.74, 6) is -0.809. The topological polar surface area (TPSA) is 86.8 Å². The number of amides is 2. The lowest BCUT2D eigenvalue weighted by Gasteiger charge is -2.34. The van der Waals surface area contributed by atoms with Crippen molar-refractivity contribution in [1.29, 1.82) is 0 Å². The molecule has 1 atom stereocenters. The van der Waals surface area contributed by atoms with E-state index in [4.69, 9.17) is 34.8 Å². The first kappa shape index (κ1) is 31.7. The van der Waals surface area contributed by atoms with Gasteiger partial charge in [0, 0.05) is 40.1 Å². The van der Waals surface area contributed by atoms with Crippen LogP contribution in [0.4, 0.5) is 5.69 Å². The molecule has 214 valence electrons. The highest BCUT2D eigenvalue weighted by molar-refractivity contribution is 7.92. The van der Waals surface area contributed by atoms with E-state index >= 15 is 0 Å². The molecule has 1 N–H and O–H groups in total. The van der Waals surface area contributed by atoms with Gasteiger partial charge >= 0.3 is 0 Å². The van der Waals surface area contributed by atoms with Crippen molar-refractivity contribution in [2.45, 2.75) is 32.9 Å². The van der Waals surface area contributed by atoms with Gasteiger partial charge in [-0.15, -0.1) is 0 Å². The number of carbonyl (C=O) groups excluding carboxylic acids is 2. The fourth-order valence-electron chi connectivity index (χ4n) is 4.08. The number of anilines is 1. The Morgan fingerprint density at radius 2 is 1.52 bits per heavy atom. The highest BCUT2D eigenvalue weighted by Crippen LogP contribution is 2.28. The van der Waals surface area contributed by atoms with Gasteiger partial charge in [-0.3, -0.25) is 13.9 Å². The molecule has 0 radical (unpaired) electrons. The van der Waals surface area contributed by atoms with Crippen molar-refractivity contribution in [3.63, 3.8) is 0 Å². The van der Waals surface area contributed by atoms with E-state index in [1.165, 1.54) is 11.0 Å². The molecule has 3 rings (SSSR count). The molecule has 0 aliphatic rings.